The van der Waals surface area contributed by atoms with Crippen LogP contribution in [-0.2, 0) is 14.3 Å². The number of halogens is 1. The van der Waals surface area contributed by atoms with Gasteiger partial charge in [0.2, 0.25) is 5.91 Å². The Morgan fingerprint density at radius 2 is 2.30 bits per heavy atom. The predicted octanol–water partition coefficient (Wildman–Crippen LogP) is 1.11. The van der Waals surface area contributed by atoms with Crippen molar-refractivity contribution in [2.24, 2.45) is 5.92 Å². The summed E-state index contributed by atoms with van der Waals surface area (Å²) in [6.07, 6.45) is 4.04. The molecule has 1 unspecified atom stereocenters. The van der Waals surface area contributed by atoms with Crippen LogP contribution in [0.1, 0.15) is 32.6 Å². The Bertz CT molecular complexity index is 286. The molecular weight excluding hydrogens is 280 g/mol. The molecule has 0 bridgehead atoms. The Morgan fingerprint density at radius 3 is 3.00 bits per heavy atom. The third kappa shape index (κ3) is 5.95. The van der Waals surface area contributed by atoms with Gasteiger partial charge in [-0.25, -0.2) is 0 Å². The van der Waals surface area contributed by atoms with Crippen molar-refractivity contribution < 1.29 is 14.3 Å². The molecule has 2 aliphatic heterocycles. The van der Waals surface area contributed by atoms with Gasteiger partial charge in [0.15, 0.2) is 0 Å². The summed E-state index contributed by atoms with van der Waals surface area (Å²) in [5.41, 5.74) is 0. The van der Waals surface area contributed by atoms with E-state index in [1.165, 1.54) is 0 Å². The molecule has 2 saturated heterocycles. The monoisotopic (exact) mass is 306 g/mol. The van der Waals surface area contributed by atoms with Crippen LogP contribution < -0.4 is 10.6 Å². The van der Waals surface area contributed by atoms with Gasteiger partial charge in [-0.05, 0) is 39.2 Å². The van der Waals surface area contributed by atoms with E-state index in [1.807, 2.05) is 0 Å². The Morgan fingerprint density at radius 1 is 1.45 bits per heavy atom. The number of hydrogen-bond acceptors (Lipinski definition) is 4. The fourth-order valence-corrected chi connectivity index (χ4v) is 2.69. The first kappa shape index (κ1) is 17.7. The van der Waals surface area contributed by atoms with Crippen molar-refractivity contribution in [3.05, 3.63) is 0 Å². The molecule has 2 rings (SSSR count). The first-order valence-corrected chi connectivity index (χ1v) is 7.46. The lowest BCUT2D eigenvalue weighted by molar-refractivity contribution is -0.126. The Hall–Kier alpha value is -0.360. The molecule has 0 aromatic heterocycles. The summed E-state index contributed by atoms with van der Waals surface area (Å²) < 4.78 is 10.9. The number of carbonyl (C=O) groups excluding carboxylic acids is 1. The van der Waals surface area contributed by atoms with Crippen molar-refractivity contribution in [2.45, 2.75) is 44.8 Å². The summed E-state index contributed by atoms with van der Waals surface area (Å²) in [5, 5.41) is 6.38. The molecule has 2 N–H and O–H groups in total. The average molecular weight is 307 g/mol. The van der Waals surface area contributed by atoms with Gasteiger partial charge in [-0.15, -0.1) is 12.4 Å². The zero-order valence-corrected chi connectivity index (χ0v) is 13.0. The number of amides is 1. The molecule has 20 heavy (non-hydrogen) atoms. The van der Waals surface area contributed by atoms with E-state index >= 15 is 0 Å². The van der Waals surface area contributed by atoms with Crippen molar-refractivity contribution in [1.82, 2.24) is 10.6 Å². The zero-order chi connectivity index (χ0) is 13.5. The number of carbonyl (C=O) groups is 1. The highest BCUT2D eigenvalue weighted by molar-refractivity contribution is 5.85. The molecule has 3 atom stereocenters. The van der Waals surface area contributed by atoms with E-state index in [4.69, 9.17) is 9.47 Å². The van der Waals surface area contributed by atoms with Gasteiger partial charge in [-0.3, -0.25) is 4.79 Å². The largest absolute Gasteiger partial charge is 0.379 e. The van der Waals surface area contributed by atoms with E-state index in [0.29, 0.717) is 19.2 Å². The second kappa shape index (κ2) is 9.55. The first-order chi connectivity index (χ1) is 9.25. The van der Waals surface area contributed by atoms with E-state index in [1.54, 1.807) is 0 Å². The van der Waals surface area contributed by atoms with Crippen LogP contribution in [0.2, 0.25) is 0 Å². The van der Waals surface area contributed by atoms with Crippen LogP contribution in [0.5, 0.6) is 0 Å². The van der Waals surface area contributed by atoms with Crippen molar-refractivity contribution in [3.8, 4) is 0 Å². The Kier molecular flexibility index (Phi) is 8.45. The van der Waals surface area contributed by atoms with Gasteiger partial charge in [-0.2, -0.15) is 0 Å². The van der Waals surface area contributed by atoms with Crippen LogP contribution in [0.3, 0.4) is 0 Å². The minimum Gasteiger partial charge on any atom is -0.379 e. The molecule has 118 valence electrons. The summed E-state index contributed by atoms with van der Waals surface area (Å²) in [5.74, 6) is 0.387. The van der Waals surface area contributed by atoms with E-state index in [9.17, 15) is 4.79 Å². The second-order valence-corrected chi connectivity index (χ2v) is 5.58. The third-order valence-electron chi connectivity index (χ3n) is 3.86. The molecule has 0 aromatic carbocycles. The summed E-state index contributed by atoms with van der Waals surface area (Å²) in [4.78, 5) is 12.0. The smallest absolute Gasteiger partial charge is 0.223 e. The van der Waals surface area contributed by atoms with Crippen molar-refractivity contribution >= 4 is 18.3 Å². The van der Waals surface area contributed by atoms with Crippen LogP contribution in [0, 0.1) is 5.92 Å². The van der Waals surface area contributed by atoms with Crippen LogP contribution in [0.25, 0.3) is 0 Å². The normalized spacial score (nSPS) is 29.8. The van der Waals surface area contributed by atoms with E-state index in [-0.39, 0.29) is 30.3 Å². The summed E-state index contributed by atoms with van der Waals surface area (Å²) in [6, 6.07) is 0.454. The number of rotatable bonds is 6. The van der Waals surface area contributed by atoms with Gasteiger partial charge in [-0.1, -0.05) is 0 Å². The summed E-state index contributed by atoms with van der Waals surface area (Å²) in [7, 11) is 0. The zero-order valence-electron chi connectivity index (χ0n) is 12.2. The van der Waals surface area contributed by atoms with Gasteiger partial charge in [0, 0.05) is 31.7 Å². The third-order valence-corrected chi connectivity index (χ3v) is 3.86. The SMILES string of the molecule is C[C@H]1C[C@@H](C(=O)NCCCOC2CCOC2)CCN1.Cl. The molecule has 6 heteroatoms. The Labute approximate surface area is 127 Å². The molecule has 0 radical (unpaired) electrons. The van der Waals surface area contributed by atoms with Crippen molar-refractivity contribution in [1.29, 1.82) is 0 Å². The molecule has 0 saturated carbocycles. The predicted molar refractivity (Wildman–Crippen MR) is 80.2 cm³/mol. The highest BCUT2D eigenvalue weighted by atomic mass is 35.5. The number of hydrogen-bond donors (Lipinski definition) is 2. The van der Waals surface area contributed by atoms with Gasteiger partial charge in [0.25, 0.3) is 0 Å². The topological polar surface area (TPSA) is 59.6 Å². The molecule has 0 aromatic rings. The molecule has 5 nitrogen and oxygen atoms in total. The van der Waals surface area contributed by atoms with E-state index in [0.717, 1.165) is 45.4 Å². The summed E-state index contributed by atoms with van der Waals surface area (Å²) in [6.45, 7) is 6.04. The lowest BCUT2D eigenvalue weighted by Gasteiger charge is -2.27. The van der Waals surface area contributed by atoms with Crippen LogP contribution >= 0.6 is 12.4 Å². The van der Waals surface area contributed by atoms with Crippen molar-refractivity contribution in [2.75, 3.05) is 32.9 Å². The molecule has 0 aliphatic carbocycles. The molecule has 0 spiro atoms. The molecule has 2 aliphatic rings. The standard InChI is InChI=1S/C14H26N2O3.ClH/c1-11-9-12(3-6-15-11)14(17)16-5-2-7-19-13-4-8-18-10-13;/h11-13,15H,2-10H2,1H3,(H,16,17);1H/t11-,12-,13?;/m0./s1. The summed E-state index contributed by atoms with van der Waals surface area (Å²) >= 11 is 0. The van der Waals surface area contributed by atoms with Gasteiger partial charge in [0.1, 0.15) is 0 Å². The molecule has 1 amide bonds. The van der Waals surface area contributed by atoms with Gasteiger partial charge in [0.05, 0.1) is 12.7 Å². The molecular formula is C14H27ClN2O3. The highest BCUT2D eigenvalue weighted by Gasteiger charge is 2.24. The van der Waals surface area contributed by atoms with Crippen molar-refractivity contribution in [3.63, 3.8) is 0 Å². The van der Waals surface area contributed by atoms with E-state index in [2.05, 4.69) is 17.6 Å². The fraction of sp³-hybridized carbons (Fsp3) is 0.929. The molecule has 2 heterocycles. The van der Waals surface area contributed by atoms with Crippen LogP contribution in [0.4, 0.5) is 0 Å². The lowest BCUT2D eigenvalue weighted by atomic mass is 9.92. The number of nitrogens with one attached hydrogen (secondary N) is 2. The van der Waals surface area contributed by atoms with Gasteiger partial charge >= 0.3 is 0 Å². The fourth-order valence-electron chi connectivity index (χ4n) is 2.69. The second-order valence-electron chi connectivity index (χ2n) is 5.58. The average Bonchev–Trinajstić information content (AvgIpc) is 2.91. The van der Waals surface area contributed by atoms with E-state index < -0.39 is 0 Å². The number of ether oxygens (including phenoxy) is 2. The minimum absolute atomic E-state index is 0. The van der Waals surface area contributed by atoms with Gasteiger partial charge < -0.3 is 20.1 Å². The van der Waals surface area contributed by atoms with Crippen LogP contribution in [-0.4, -0.2) is 51.0 Å². The maximum Gasteiger partial charge on any atom is 0.223 e. The van der Waals surface area contributed by atoms with Crippen LogP contribution in [0.15, 0.2) is 0 Å². The quantitative estimate of drug-likeness (QED) is 0.722. The minimum atomic E-state index is 0. The molecule has 2 fully saturated rings. The number of piperidine rings is 1. The highest BCUT2D eigenvalue weighted by Crippen LogP contribution is 2.15. The maximum absolute atomic E-state index is 12.0. The first-order valence-electron chi connectivity index (χ1n) is 7.46. The lowest BCUT2D eigenvalue weighted by Crippen LogP contribution is -2.42. The Balaban J connectivity index is 0.00000200. The maximum atomic E-state index is 12.0.